The Bertz CT molecular complexity index is 127. The summed E-state index contributed by atoms with van der Waals surface area (Å²) in [6, 6.07) is 0. The van der Waals surface area contributed by atoms with Crippen LogP contribution in [0.1, 0.15) is 20.3 Å². The van der Waals surface area contributed by atoms with E-state index in [1.165, 1.54) is 0 Å². The first-order valence-corrected chi connectivity index (χ1v) is 3.56. The molecular formula is C8H16N2. The maximum Gasteiger partial charge on any atom is 0.0535 e. The molecule has 10 heavy (non-hydrogen) atoms. The van der Waals surface area contributed by atoms with E-state index in [2.05, 4.69) is 18.6 Å². The fourth-order valence-corrected chi connectivity index (χ4v) is 0.590. The third-order valence-corrected chi connectivity index (χ3v) is 1.25. The van der Waals surface area contributed by atoms with Crippen molar-refractivity contribution >= 4 is 5.71 Å². The van der Waals surface area contributed by atoms with E-state index in [-0.39, 0.29) is 0 Å². The highest BCUT2D eigenvalue weighted by molar-refractivity contribution is 5.81. The van der Waals surface area contributed by atoms with Crippen LogP contribution in [0.4, 0.5) is 0 Å². The summed E-state index contributed by atoms with van der Waals surface area (Å²) in [5, 5.41) is 6.14. The zero-order valence-electron chi connectivity index (χ0n) is 7.09. The Morgan fingerprint density at radius 3 is 2.70 bits per heavy atom. The van der Waals surface area contributed by atoms with Gasteiger partial charge in [0.05, 0.1) is 6.54 Å². The molecule has 0 atom stereocenters. The second-order valence-corrected chi connectivity index (χ2v) is 2.32. The molecule has 0 unspecified atom stereocenters. The van der Waals surface area contributed by atoms with Crippen LogP contribution in [0, 0.1) is 0 Å². The maximum absolute atomic E-state index is 4.26. The van der Waals surface area contributed by atoms with E-state index < -0.39 is 0 Å². The van der Waals surface area contributed by atoms with Crippen molar-refractivity contribution < 1.29 is 0 Å². The summed E-state index contributed by atoms with van der Waals surface area (Å²) in [6.07, 6.45) is 2.86. The van der Waals surface area contributed by atoms with Gasteiger partial charge in [-0.05, 0) is 13.3 Å². The van der Waals surface area contributed by atoms with Gasteiger partial charge in [-0.3, -0.25) is 5.01 Å². The van der Waals surface area contributed by atoms with Crippen LogP contribution in [-0.2, 0) is 0 Å². The zero-order valence-corrected chi connectivity index (χ0v) is 7.09. The van der Waals surface area contributed by atoms with Crippen molar-refractivity contribution in [3.05, 3.63) is 12.7 Å². The van der Waals surface area contributed by atoms with Crippen LogP contribution in [0.5, 0.6) is 0 Å². The Morgan fingerprint density at radius 2 is 2.30 bits per heavy atom. The van der Waals surface area contributed by atoms with Crippen LogP contribution >= 0.6 is 0 Å². The molecule has 0 spiro atoms. The first-order valence-electron chi connectivity index (χ1n) is 3.56. The number of likely N-dealkylation sites (N-methyl/N-ethyl adjacent to an activating group) is 1. The van der Waals surface area contributed by atoms with Crippen LogP contribution in [0.15, 0.2) is 17.8 Å². The second-order valence-electron chi connectivity index (χ2n) is 2.32. The molecule has 0 aliphatic rings. The third kappa shape index (κ3) is 4.13. The Morgan fingerprint density at radius 1 is 1.70 bits per heavy atom. The molecule has 0 saturated carbocycles. The van der Waals surface area contributed by atoms with E-state index in [1.54, 1.807) is 0 Å². The lowest BCUT2D eigenvalue weighted by Crippen LogP contribution is -2.12. The summed E-state index contributed by atoms with van der Waals surface area (Å²) in [7, 11) is 1.95. The SMILES string of the molecule is C=CCN(C)/N=C(\C)CC. The predicted octanol–water partition coefficient (Wildman–Crippen LogP) is 1.89. The van der Waals surface area contributed by atoms with Crippen molar-refractivity contribution in [2.24, 2.45) is 5.10 Å². The van der Waals surface area contributed by atoms with Gasteiger partial charge in [-0.1, -0.05) is 13.0 Å². The van der Waals surface area contributed by atoms with Gasteiger partial charge < -0.3 is 0 Å². The fourth-order valence-electron chi connectivity index (χ4n) is 0.590. The molecule has 0 fully saturated rings. The third-order valence-electron chi connectivity index (χ3n) is 1.25. The van der Waals surface area contributed by atoms with Gasteiger partial charge >= 0.3 is 0 Å². The molecule has 0 bridgehead atoms. The zero-order chi connectivity index (χ0) is 7.98. The first kappa shape index (κ1) is 9.21. The summed E-state index contributed by atoms with van der Waals surface area (Å²) in [5.74, 6) is 0. The molecular weight excluding hydrogens is 124 g/mol. The van der Waals surface area contributed by atoms with E-state index >= 15 is 0 Å². The molecule has 2 heteroatoms. The molecule has 0 rings (SSSR count). The molecule has 0 aromatic rings. The monoisotopic (exact) mass is 140 g/mol. The molecule has 0 amide bonds. The van der Waals surface area contributed by atoms with Crippen molar-refractivity contribution in [1.29, 1.82) is 0 Å². The van der Waals surface area contributed by atoms with E-state index in [0.29, 0.717) is 0 Å². The normalized spacial score (nSPS) is 11.3. The molecule has 0 aliphatic carbocycles. The lowest BCUT2D eigenvalue weighted by molar-refractivity contribution is 0.394. The minimum atomic E-state index is 0.817. The Hall–Kier alpha value is -0.790. The van der Waals surface area contributed by atoms with Gasteiger partial charge in [-0.15, -0.1) is 6.58 Å². The van der Waals surface area contributed by atoms with Crippen LogP contribution < -0.4 is 0 Å². The van der Waals surface area contributed by atoms with E-state index in [1.807, 2.05) is 25.1 Å². The molecule has 0 radical (unpaired) electrons. The summed E-state index contributed by atoms with van der Waals surface area (Å²) in [6.45, 7) is 8.56. The number of rotatable bonds is 4. The Kier molecular flexibility index (Phi) is 4.63. The number of nitrogens with zero attached hydrogens (tertiary/aromatic N) is 2. The van der Waals surface area contributed by atoms with Crippen molar-refractivity contribution in [3.8, 4) is 0 Å². The number of hydrazone groups is 1. The lowest BCUT2D eigenvalue weighted by Gasteiger charge is -2.10. The van der Waals surface area contributed by atoms with Crippen molar-refractivity contribution in [1.82, 2.24) is 5.01 Å². The predicted molar refractivity (Wildman–Crippen MR) is 46.2 cm³/mol. The highest BCUT2D eigenvalue weighted by Gasteiger charge is 1.88. The summed E-state index contributed by atoms with van der Waals surface area (Å²) in [5.41, 5.74) is 1.16. The van der Waals surface area contributed by atoms with Gasteiger partial charge in [0.25, 0.3) is 0 Å². The van der Waals surface area contributed by atoms with Crippen molar-refractivity contribution in [2.75, 3.05) is 13.6 Å². The summed E-state index contributed by atoms with van der Waals surface area (Å²) < 4.78 is 0. The molecule has 0 heterocycles. The quantitative estimate of drug-likeness (QED) is 0.331. The largest absolute Gasteiger partial charge is 0.296 e. The minimum absolute atomic E-state index is 0.817. The smallest absolute Gasteiger partial charge is 0.0535 e. The lowest BCUT2D eigenvalue weighted by atomic mass is 10.3. The highest BCUT2D eigenvalue weighted by atomic mass is 15.4. The van der Waals surface area contributed by atoms with E-state index in [4.69, 9.17) is 0 Å². The Balaban J connectivity index is 3.73. The van der Waals surface area contributed by atoms with Crippen molar-refractivity contribution in [3.63, 3.8) is 0 Å². The van der Waals surface area contributed by atoms with Crippen LogP contribution in [0.3, 0.4) is 0 Å². The van der Waals surface area contributed by atoms with E-state index in [9.17, 15) is 0 Å². The molecule has 2 nitrogen and oxygen atoms in total. The summed E-state index contributed by atoms with van der Waals surface area (Å²) >= 11 is 0. The maximum atomic E-state index is 4.26. The van der Waals surface area contributed by atoms with Crippen LogP contribution in [-0.4, -0.2) is 24.3 Å². The molecule has 0 N–H and O–H groups in total. The van der Waals surface area contributed by atoms with Gasteiger partial charge in [-0.25, -0.2) is 0 Å². The van der Waals surface area contributed by atoms with Gasteiger partial charge in [0.1, 0.15) is 0 Å². The number of hydrogen-bond acceptors (Lipinski definition) is 2. The number of hydrogen-bond donors (Lipinski definition) is 0. The average Bonchev–Trinajstić information content (AvgIpc) is 1.88. The fraction of sp³-hybridized carbons (Fsp3) is 0.625. The van der Waals surface area contributed by atoms with E-state index in [0.717, 1.165) is 18.7 Å². The van der Waals surface area contributed by atoms with Gasteiger partial charge in [0, 0.05) is 12.8 Å². The Labute approximate surface area is 63.2 Å². The molecule has 0 aliphatic heterocycles. The first-order chi connectivity index (χ1) is 4.70. The molecule has 58 valence electrons. The standard InChI is InChI=1S/C8H16N2/c1-5-7-10(4)9-8(3)6-2/h5H,1,6-7H2,2-4H3/b9-8+. The van der Waals surface area contributed by atoms with Crippen LogP contribution in [0.2, 0.25) is 0 Å². The van der Waals surface area contributed by atoms with Gasteiger partial charge in [0.2, 0.25) is 0 Å². The van der Waals surface area contributed by atoms with Crippen LogP contribution in [0.25, 0.3) is 0 Å². The second kappa shape index (κ2) is 5.03. The molecule has 0 aromatic carbocycles. The van der Waals surface area contributed by atoms with Gasteiger partial charge in [-0.2, -0.15) is 5.10 Å². The van der Waals surface area contributed by atoms with Crippen molar-refractivity contribution in [2.45, 2.75) is 20.3 Å². The molecule has 0 saturated heterocycles. The average molecular weight is 140 g/mol. The minimum Gasteiger partial charge on any atom is -0.296 e. The highest BCUT2D eigenvalue weighted by Crippen LogP contribution is 1.89. The molecule has 0 aromatic heterocycles. The van der Waals surface area contributed by atoms with Gasteiger partial charge in [0.15, 0.2) is 0 Å². The summed E-state index contributed by atoms with van der Waals surface area (Å²) in [4.78, 5) is 0. The topological polar surface area (TPSA) is 15.6 Å².